The lowest BCUT2D eigenvalue weighted by Crippen LogP contribution is -2.14. The summed E-state index contributed by atoms with van der Waals surface area (Å²) < 4.78 is 10.7. The first-order valence-corrected chi connectivity index (χ1v) is 6.64. The molecule has 3 N–H and O–H groups in total. The third-order valence-corrected chi connectivity index (χ3v) is 2.70. The number of nitrogens with zero attached hydrogens (tertiary/aromatic N) is 2. The molecule has 0 unspecified atom stereocenters. The molecule has 19 heavy (non-hydrogen) atoms. The minimum absolute atomic E-state index is 0.345. The molecule has 0 radical (unpaired) electrons. The molecule has 1 aromatic heterocycles. The van der Waals surface area contributed by atoms with E-state index in [0.717, 1.165) is 12.8 Å². The fourth-order valence-corrected chi connectivity index (χ4v) is 1.57. The number of anilines is 2. The predicted molar refractivity (Wildman–Crippen MR) is 74.1 cm³/mol. The second-order valence-electron chi connectivity index (χ2n) is 5.26. The van der Waals surface area contributed by atoms with Gasteiger partial charge in [0.1, 0.15) is 12.3 Å². The first-order chi connectivity index (χ1) is 9.10. The summed E-state index contributed by atoms with van der Waals surface area (Å²) in [5.41, 5.74) is 6.54. The third kappa shape index (κ3) is 3.96. The monoisotopic (exact) mass is 266 g/mol. The van der Waals surface area contributed by atoms with Crippen molar-refractivity contribution in [1.29, 1.82) is 0 Å². The summed E-state index contributed by atoms with van der Waals surface area (Å²) in [7, 11) is 1.61. The highest BCUT2D eigenvalue weighted by Crippen LogP contribution is 2.31. The molecule has 0 amide bonds. The molecule has 1 saturated carbocycles. The molecule has 6 nitrogen and oxygen atoms in total. The van der Waals surface area contributed by atoms with Crippen LogP contribution in [0.15, 0.2) is 0 Å². The maximum Gasteiger partial charge on any atom is 0.242 e. The fraction of sp³-hybridized carbons (Fsp3) is 0.692. The quantitative estimate of drug-likeness (QED) is 0.783. The van der Waals surface area contributed by atoms with Crippen molar-refractivity contribution >= 4 is 11.5 Å². The van der Waals surface area contributed by atoms with E-state index >= 15 is 0 Å². The Morgan fingerprint density at radius 3 is 2.68 bits per heavy atom. The Kier molecular flexibility index (Phi) is 4.42. The summed E-state index contributed by atoms with van der Waals surface area (Å²) in [6.07, 6.45) is 2.32. The van der Waals surface area contributed by atoms with E-state index in [9.17, 15) is 0 Å². The summed E-state index contributed by atoms with van der Waals surface area (Å²) in [4.78, 5) is 8.68. The van der Waals surface area contributed by atoms with Gasteiger partial charge in [0, 0.05) is 13.2 Å². The topological polar surface area (TPSA) is 82.3 Å². The van der Waals surface area contributed by atoms with E-state index in [1.54, 1.807) is 7.11 Å². The van der Waals surface area contributed by atoms with Crippen LogP contribution < -0.4 is 15.8 Å². The highest BCUT2D eigenvalue weighted by atomic mass is 16.5. The zero-order chi connectivity index (χ0) is 13.8. The third-order valence-electron chi connectivity index (χ3n) is 2.70. The number of hydrogen-bond acceptors (Lipinski definition) is 6. The van der Waals surface area contributed by atoms with Gasteiger partial charge in [-0.05, 0) is 18.8 Å². The summed E-state index contributed by atoms with van der Waals surface area (Å²) in [5, 5.41) is 3.30. The van der Waals surface area contributed by atoms with Crippen molar-refractivity contribution in [3.63, 3.8) is 0 Å². The Labute approximate surface area is 113 Å². The fourth-order valence-electron chi connectivity index (χ4n) is 1.57. The van der Waals surface area contributed by atoms with Crippen LogP contribution >= 0.6 is 0 Å². The Morgan fingerprint density at radius 2 is 2.11 bits per heavy atom. The number of nitrogens with one attached hydrogen (secondary N) is 1. The number of rotatable bonds is 7. The molecule has 0 spiro atoms. The van der Waals surface area contributed by atoms with E-state index in [2.05, 4.69) is 29.1 Å². The number of hydrogen-bond donors (Lipinski definition) is 2. The molecule has 0 saturated heterocycles. The second-order valence-corrected chi connectivity index (χ2v) is 5.26. The van der Waals surface area contributed by atoms with Crippen molar-refractivity contribution in [2.75, 3.05) is 24.8 Å². The summed E-state index contributed by atoms with van der Waals surface area (Å²) in [6.45, 7) is 5.09. The molecule has 1 aromatic rings. The van der Waals surface area contributed by atoms with Crippen LogP contribution in [0, 0.1) is 5.92 Å². The Morgan fingerprint density at radius 1 is 1.37 bits per heavy atom. The van der Waals surface area contributed by atoms with Crippen molar-refractivity contribution in [2.24, 2.45) is 5.92 Å². The first kappa shape index (κ1) is 13.9. The van der Waals surface area contributed by atoms with Crippen LogP contribution in [-0.2, 0) is 11.3 Å². The molecule has 0 aliphatic heterocycles. The van der Waals surface area contributed by atoms with Crippen LogP contribution in [0.3, 0.4) is 0 Å². The van der Waals surface area contributed by atoms with Crippen LogP contribution in [0.5, 0.6) is 5.88 Å². The van der Waals surface area contributed by atoms with Gasteiger partial charge in [0.25, 0.3) is 0 Å². The molecule has 1 aliphatic rings. The molecular formula is C13H22N4O2. The number of nitrogen functional groups attached to an aromatic ring is 1. The van der Waals surface area contributed by atoms with Crippen molar-refractivity contribution < 1.29 is 9.47 Å². The van der Waals surface area contributed by atoms with Crippen molar-refractivity contribution in [3.8, 4) is 5.88 Å². The Balaban J connectivity index is 2.19. The van der Waals surface area contributed by atoms with Gasteiger partial charge in [-0.25, -0.2) is 4.98 Å². The van der Waals surface area contributed by atoms with E-state index in [-0.39, 0.29) is 0 Å². The number of nitrogens with two attached hydrogens (primary N) is 1. The molecular weight excluding hydrogens is 244 g/mol. The maximum absolute atomic E-state index is 6.06. The van der Waals surface area contributed by atoms with Gasteiger partial charge >= 0.3 is 0 Å². The van der Waals surface area contributed by atoms with E-state index in [1.165, 1.54) is 0 Å². The molecule has 1 aliphatic carbocycles. The number of methoxy groups -OCH3 is 1. The molecule has 6 heteroatoms. The highest BCUT2D eigenvalue weighted by molar-refractivity contribution is 5.67. The number of ether oxygens (including phenoxy) is 2. The zero-order valence-electron chi connectivity index (χ0n) is 11.8. The molecule has 0 aromatic carbocycles. The molecule has 106 valence electrons. The zero-order valence-corrected chi connectivity index (χ0v) is 11.8. The van der Waals surface area contributed by atoms with E-state index in [1.807, 2.05) is 0 Å². The largest absolute Gasteiger partial charge is 0.476 e. The summed E-state index contributed by atoms with van der Waals surface area (Å²) in [6, 6.07) is 0.477. The molecule has 2 rings (SSSR count). The SMILES string of the molecule is COCc1nc(NC2CC2)c(N)c(OCC(C)C)n1. The molecule has 1 fully saturated rings. The molecule has 0 bridgehead atoms. The van der Waals surface area contributed by atoms with Gasteiger partial charge in [-0.2, -0.15) is 4.98 Å². The lowest BCUT2D eigenvalue weighted by atomic mass is 10.2. The van der Waals surface area contributed by atoms with Crippen LogP contribution in [0.25, 0.3) is 0 Å². The first-order valence-electron chi connectivity index (χ1n) is 6.64. The van der Waals surface area contributed by atoms with Gasteiger partial charge in [-0.15, -0.1) is 0 Å². The Bertz CT molecular complexity index is 433. The lowest BCUT2D eigenvalue weighted by Gasteiger charge is -2.14. The van der Waals surface area contributed by atoms with Crippen LogP contribution in [-0.4, -0.2) is 29.7 Å². The van der Waals surface area contributed by atoms with Crippen molar-refractivity contribution in [1.82, 2.24) is 9.97 Å². The average molecular weight is 266 g/mol. The minimum Gasteiger partial charge on any atom is -0.476 e. The standard InChI is InChI=1S/C13H22N4O2/c1-8(2)6-19-13-11(14)12(15-9-4-5-9)16-10(17-13)7-18-3/h8-9H,4-7,14H2,1-3H3,(H,15,16,17). The van der Waals surface area contributed by atoms with Gasteiger partial charge < -0.3 is 20.5 Å². The van der Waals surface area contributed by atoms with Crippen LogP contribution in [0.2, 0.25) is 0 Å². The van der Waals surface area contributed by atoms with Gasteiger partial charge in [0.05, 0.1) is 6.61 Å². The van der Waals surface area contributed by atoms with Gasteiger partial charge in [0.15, 0.2) is 11.6 Å². The average Bonchev–Trinajstić information content (AvgIpc) is 3.15. The second kappa shape index (κ2) is 6.06. The predicted octanol–water partition coefficient (Wildman–Crippen LogP) is 1.81. The van der Waals surface area contributed by atoms with Crippen LogP contribution in [0.1, 0.15) is 32.5 Å². The summed E-state index contributed by atoms with van der Waals surface area (Å²) >= 11 is 0. The Hall–Kier alpha value is -1.56. The van der Waals surface area contributed by atoms with E-state index in [4.69, 9.17) is 15.2 Å². The minimum atomic E-state index is 0.345. The maximum atomic E-state index is 6.06. The summed E-state index contributed by atoms with van der Waals surface area (Å²) in [5.74, 6) is 2.10. The van der Waals surface area contributed by atoms with Gasteiger partial charge in [-0.1, -0.05) is 13.8 Å². The molecule has 1 heterocycles. The van der Waals surface area contributed by atoms with Crippen molar-refractivity contribution in [2.45, 2.75) is 39.3 Å². The van der Waals surface area contributed by atoms with Crippen LogP contribution in [0.4, 0.5) is 11.5 Å². The smallest absolute Gasteiger partial charge is 0.242 e. The molecule has 0 atom stereocenters. The van der Waals surface area contributed by atoms with Gasteiger partial charge in [0.2, 0.25) is 5.88 Å². The lowest BCUT2D eigenvalue weighted by molar-refractivity contribution is 0.176. The van der Waals surface area contributed by atoms with Gasteiger partial charge in [-0.3, -0.25) is 0 Å². The van der Waals surface area contributed by atoms with E-state index < -0.39 is 0 Å². The highest BCUT2D eigenvalue weighted by Gasteiger charge is 2.24. The number of aromatic nitrogens is 2. The van der Waals surface area contributed by atoms with E-state index in [0.29, 0.717) is 48.4 Å². The van der Waals surface area contributed by atoms with Crippen molar-refractivity contribution in [3.05, 3.63) is 5.82 Å². The normalized spacial score (nSPS) is 14.7.